The van der Waals surface area contributed by atoms with Gasteiger partial charge in [-0.15, -0.1) is 0 Å². The molecule has 1 amide bonds. The van der Waals surface area contributed by atoms with Crippen LogP contribution in [0.5, 0.6) is 0 Å². The predicted molar refractivity (Wildman–Crippen MR) is 128 cm³/mol. The van der Waals surface area contributed by atoms with Crippen molar-refractivity contribution >= 4 is 22.8 Å². The molecule has 1 aliphatic heterocycles. The Labute approximate surface area is 194 Å². The van der Waals surface area contributed by atoms with Gasteiger partial charge in [-0.25, -0.2) is 9.97 Å². The topological polar surface area (TPSA) is 91.1 Å². The molecule has 7 heteroatoms. The summed E-state index contributed by atoms with van der Waals surface area (Å²) in [5.41, 5.74) is 3.23. The van der Waals surface area contributed by atoms with Crippen LogP contribution in [0.25, 0.3) is 11.0 Å². The third-order valence-corrected chi connectivity index (χ3v) is 6.13. The molecule has 1 aromatic heterocycles. The highest BCUT2D eigenvalue weighted by Crippen LogP contribution is 2.31. The van der Waals surface area contributed by atoms with Crippen molar-refractivity contribution in [3.8, 4) is 6.07 Å². The summed E-state index contributed by atoms with van der Waals surface area (Å²) in [6, 6.07) is 20.3. The van der Waals surface area contributed by atoms with E-state index in [2.05, 4.69) is 40.6 Å². The number of nitrogens with one attached hydrogen (secondary N) is 1. The molecular weight excluding hydrogens is 414 g/mol. The average molecular weight is 444 g/mol. The van der Waals surface area contributed by atoms with E-state index in [0.717, 1.165) is 37.9 Å². The van der Waals surface area contributed by atoms with Gasteiger partial charge < -0.3 is 15.0 Å². The second kappa shape index (κ2) is 10.9. The minimum absolute atomic E-state index is 0.342. The summed E-state index contributed by atoms with van der Waals surface area (Å²) in [6.07, 6.45) is 3.12. The molecule has 1 atom stereocenters. The van der Waals surface area contributed by atoms with E-state index < -0.39 is 5.92 Å². The van der Waals surface area contributed by atoms with E-state index in [4.69, 9.17) is 14.7 Å². The second-order valence-corrected chi connectivity index (χ2v) is 8.39. The lowest BCUT2D eigenvalue weighted by Crippen LogP contribution is -2.37. The lowest BCUT2D eigenvalue weighted by molar-refractivity contribution is -0.121. The van der Waals surface area contributed by atoms with Crippen molar-refractivity contribution in [1.82, 2.24) is 15.3 Å². The minimum atomic E-state index is -1.03. The number of nitriles is 1. The standard InChI is InChI=1S/C26H29N5O2/c1-33-16-13-28-26(32)21(18-27)24-25(30-23-10-6-5-9-22(23)29-24)31-14-11-20(12-15-31)17-19-7-3-2-4-8-19/h2-10,20-21H,11-17H2,1H3,(H,28,32). The van der Waals surface area contributed by atoms with Gasteiger partial charge >= 0.3 is 0 Å². The summed E-state index contributed by atoms with van der Waals surface area (Å²) in [4.78, 5) is 24.6. The first-order chi connectivity index (χ1) is 16.2. The van der Waals surface area contributed by atoms with Crippen LogP contribution in [0.15, 0.2) is 54.6 Å². The van der Waals surface area contributed by atoms with Crippen LogP contribution in [0, 0.1) is 17.2 Å². The third kappa shape index (κ3) is 5.47. The molecule has 7 nitrogen and oxygen atoms in total. The van der Waals surface area contributed by atoms with E-state index >= 15 is 0 Å². The van der Waals surface area contributed by atoms with Gasteiger partial charge in [0.2, 0.25) is 5.91 Å². The number of rotatable bonds is 8. The Balaban J connectivity index is 1.57. The van der Waals surface area contributed by atoms with E-state index in [1.165, 1.54) is 5.56 Å². The van der Waals surface area contributed by atoms with Crippen LogP contribution in [-0.2, 0) is 16.0 Å². The molecule has 4 rings (SSSR count). The number of benzene rings is 2. The van der Waals surface area contributed by atoms with Gasteiger partial charge in [-0.2, -0.15) is 5.26 Å². The Morgan fingerprint density at radius 1 is 1.12 bits per heavy atom. The summed E-state index contributed by atoms with van der Waals surface area (Å²) in [5, 5.41) is 12.7. The quantitative estimate of drug-likeness (QED) is 0.536. The van der Waals surface area contributed by atoms with Crippen molar-refractivity contribution in [2.45, 2.75) is 25.2 Å². The van der Waals surface area contributed by atoms with Gasteiger partial charge in [0.05, 0.1) is 23.7 Å². The lowest BCUT2D eigenvalue weighted by atomic mass is 9.90. The molecule has 0 radical (unpaired) electrons. The van der Waals surface area contributed by atoms with Crippen LogP contribution < -0.4 is 10.2 Å². The number of anilines is 1. The number of hydrogen-bond acceptors (Lipinski definition) is 6. The number of ether oxygens (including phenoxy) is 1. The maximum absolute atomic E-state index is 12.8. The first kappa shape index (κ1) is 22.7. The average Bonchev–Trinajstić information content (AvgIpc) is 2.85. The summed E-state index contributed by atoms with van der Waals surface area (Å²) in [5.74, 6) is -0.166. The number of nitrogens with zero attached hydrogens (tertiary/aromatic N) is 4. The van der Waals surface area contributed by atoms with Gasteiger partial charge in [0.15, 0.2) is 11.7 Å². The molecular formula is C26H29N5O2. The van der Waals surface area contributed by atoms with Crippen molar-refractivity contribution in [1.29, 1.82) is 5.26 Å². The molecule has 0 saturated carbocycles. The molecule has 1 aliphatic rings. The van der Waals surface area contributed by atoms with Crippen LogP contribution in [0.1, 0.15) is 30.0 Å². The Bertz CT molecular complexity index is 1120. The molecule has 0 spiro atoms. The Morgan fingerprint density at radius 2 is 1.79 bits per heavy atom. The molecule has 0 bridgehead atoms. The molecule has 170 valence electrons. The third-order valence-electron chi connectivity index (χ3n) is 6.13. The zero-order valence-corrected chi connectivity index (χ0v) is 18.9. The van der Waals surface area contributed by atoms with Gasteiger partial charge in [-0.05, 0) is 42.9 Å². The molecule has 3 aromatic rings. The van der Waals surface area contributed by atoms with Gasteiger partial charge in [-0.3, -0.25) is 4.79 Å². The molecule has 1 unspecified atom stereocenters. The van der Waals surface area contributed by atoms with Crippen molar-refractivity contribution < 1.29 is 9.53 Å². The van der Waals surface area contributed by atoms with Crippen molar-refractivity contribution in [3.63, 3.8) is 0 Å². The highest BCUT2D eigenvalue weighted by atomic mass is 16.5. The van der Waals surface area contributed by atoms with E-state index in [-0.39, 0.29) is 5.91 Å². The van der Waals surface area contributed by atoms with Crippen LogP contribution >= 0.6 is 0 Å². The molecule has 0 aliphatic carbocycles. The minimum Gasteiger partial charge on any atom is -0.383 e. The molecule has 1 fully saturated rings. The number of amides is 1. The lowest BCUT2D eigenvalue weighted by Gasteiger charge is -2.34. The number of fused-ring (bicyclic) bond motifs is 1. The van der Waals surface area contributed by atoms with Crippen LogP contribution in [0.2, 0.25) is 0 Å². The highest BCUT2D eigenvalue weighted by Gasteiger charge is 2.30. The maximum atomic E-state index is 12.8. The molecule has 1 N–H and O–H groups in total. The van der Waals surface area contributed by atoms with E-state index in [9.17, 15) is 10.1 Å². The van der Waals surface area contributed by atoms with E-state index in [1.54, 1.807) is 7.11 Å². The molecule has 33 heavy (non-hydrogen) atoms. The van der Waals surface area contributed by atoms with Gasteiger partial charge in [-0.1, -0.05) is 42.5 Å². The number of hydrogen-bond donors (Lipinski definition) is 1. The summed E-state index contributed by atoms with van der Waals surface area (Å²) >= 11 is 0. The van der Waals surface area contributed by atoms with E-state index in [1.807, 2.05) is 30.3 Å². The monoisotopic (exact) mass is 443 g/mol. The smallest absolute Gasteiger partial charge is 0.243 e. The first-order valence-electron chi connectivity index (χ1n) is 11.4. The van der Waals surface area contributed by atoms with Crippen LogP contribution in [0.4, 0.5) is 5.82 Å². The number of aromatic nitrogens is 2. The van der Waals surface area contributed by atoms with Gasteiger partial charge in [0.1, 0.15) is 5.69 Å². The molecule has 2 heterocycles. The fourth-order valence-electron chi connectivity index (χ4n) is 4.35. The predicted octanol–water partition coefficient (Wildman–Crippen LogP) is 3.46. The Hall–Kier alpha value is -3.50. The number of carbonyl (C=O) groups excluding carboxylic acids is 1. The van der Waals surface area contributed by atoms with Crippen molar-refractivity contribution in [3.05, 3.63) is 65.9 Å². The summed E-state index contributed by atoms with van der Waals surface area (Å²) < 4.78 is 5.01. The second-order valence-electron chi connectivity index (χ2n) is 8.39. The first-order valence-corrected chi connectivity index (χ1v) is 11.4. The normalized spacial score (nSPS) is 15.2. The maximum Gasteiger partial charge on any atom is 0.243 e. The molecule has 2 aromatic carbocycles. The zero-order chi connectivity index (χ0) is 23.0. The number of piperidine rings is 1. The van der Waals surface area contributed by atoms with Crippen LogP contribution in [-0.4, -0.2) is 49.2 Å². The molecule has 1 saturated heterocycles. The van der Waals surface area contributed by atoms with Crippen molar-refractivity contribution in [2.75, 3.05) is 38.3 Å². The Kier molecular flexibility index (Phi) is 7.48. The zero-order valence-electron chi connectivity index (χ0n) is 18.9. The number of para-hydroxylation sites is 2. The summed E-state index contributed by atoms with van der Waals surface area (Å²) in [6.45, 7) is 2.37. The van der Waals surface area contributed by atoms with E-state index in [0.29, 0.717) is 36.1 Å². The van der Waals surface area contributed by atoms with Crippen molar-refractivity contribution in [2.24, 2.45) is 5.92 Å². The number of carbonyl (C=O) groups is 1. The Morgan fingerprint density at radius 3 is 2.45 bits per heavy atom. The fourth-order valence-corrected chi connectivity index (χ4v) is 4.35. The van der Waals surface area contributed by atoms with Gasteiger partial charge in [0, 0.05) is 26.7 Å². The number of methoxy groups -OCH3 is 1. The highest BCUT2D eigenvalue weighted by molar-refractivity contribution is 5.88. The van der Waals surface area contributed by atoms with Gasteiger partial charge in [0.25, 0.3) is 0 Å². The largest absolute Gasteiger partial charge is 0.383 e. The SMILES string of the molecule is COCCNC(=O)C(C#N)c1nc2ccccc2nc1N1CCC(Cc2ccccc2)CC1. The fraction of sp³-hybridized carbons (Fsp3) is 0.385. The van der Waals surface area contributed by atoms with Crippen LogP contribution in [0.3, 0.4) is 0 Å². The summed E-state index contributed by atoms with van der Waals surface area (Å²) in [7, 11) is 1.57.